The molecular formula is C31H30N2O5. The molecule has 0 unspecified atom stereocenters. The lowest BCUT2D eigenvalue weighted by Gasteiger charge is -2.23. The van der Waals surface area contributed by atoms with Gasteiger partial charge in [-0.1, -0.05) is 42.5 Å². The van der Waals surface area contributed by atoms with Crippen LogP contribution in [-0.4, -0.2) is 50.7 Å². The van der Waals surface area contributed by atoms with Gasteiger partial charge in [0, 0.05) is 24.9 Å². The van der Waals surface area contributed by atoms with E-state index in [1.807, 2.05) is 60.4 Å². The first-order chi connectivity index (χ1) is 18.4. The van der Waals surface area contributed by atoms with E-state index >= 15 is 0 Å². The number of likely N-dealkylation sites (tertiary alicyclic amines) is 1. The number of aromatic nitrogens is 1. The van der Waals surface area contributed by atoms with Crippen molar-refractivity contribution in [2.75, 3.05) is 6.54 Å². The summed E-state index contributed by atoms with van der Waals surface area (Å²) in [7, 11) is 0. The molecule has 2 N–H and O–H groups in total. The normalized spacial score (nSPS) is 16.5. The summed E-state index contributed by atoms with van der Waals surface area (Å²) in [5, 5.41) is 19.8. The fraction of sp³-hybridized carbons (Fsp3) is 0.258. The van der Waals surface area contributed by atoms with Crippen molar-refractivity contribution in [3.63, 3.8) is 0 Å². The summed E-state index contributed by atoms with van der Waals surface area (Å²) in [6, 6.07) is 20.4. The Morgan fingerprint density at radius 3 is 2.74 bits per heavy atom. The van der Waals surface area contributed by atoms with E-state index in [2.05, 4.69) is 4.98 Å². The summed E-state index contributed by atoms with van der Waals surface area (Å²) in [6.07, 6.45) is 5.27. The van der Waals surface area contributed by atoms with Crippen molar-refractivity contribution in [3.05, 3.63) is 101 Å². The van der Waals surface area contributed by atoms with Crippen LogP contribution < -0.4 is 0 Å². The van der Waals surface area contributed by atoms with Gasteiger partial charge in [0.05, 0.1) is 17.7 Å². The number of oxazole rings is 1. The summed E-state index contributed by atoms with van der Waals surface area (Å²) in [5.41, 5.74) is 5.72. The number of carbonyl (C=O) groups excluding carboxylic acids is 1. The third-order valence-electron chi connectivity index (χ3n) is 6.94. The number of nitrogens with zero attached hydrogens (tertiary/aromatic N) is 2. The van der Waals surface area contributed by atoms with Gasteiger partial charge in [-0.15, -0.1) is 0 Å². The van der Waals surface area contributed by atoms with Crippen molar-refractivity contribution in [1.29, 1.82) is 0 Å². The zero-order chi connectivity index (χ0) is 26.6. The number of hydrogen-bond donors (Lipinski definition) is 2. The molecule has 3 aromatic carbocycles. The van der Waals surface area contributed by atoms with Crippen molar-refractivity contribution in [1.82, 2.24) is 9.88 Å². The lowest BCUT2D eigenvalue weighted by Crippen LogP contribution is -2.33. The maximum Gasteiger partial charge on any atom is 0.335 e. The summed E-state index contributed by atoms with van der Waals surface area (Å²) in [4.78, 5) is 30.0. The van der Waals surface area contributed by atoms with Crippen LogP contribution in [-0.2, 0) is 17.6 Å². The van der Waals surface area contributed by atoms with Gasteiger partial charge in [0.15, 0.2) is 5.58 Å². The Balaban J connectivity index is 1.20. The van der Waals surface area contributed by atoms with Crippen LogP contribution >= 0.6 is 0 Å². The average molecular weight is 511 g/mol. The monoisotopic (exact) mass is 510 g/mol. The summed E-state index contributed by atoms with van der Waals surface area (Å²) < 4.78 is 5.95. The first kappa shape index (κ1) is 25.4. The highest BCUT2D eigenvalue weighted by atomic mass is 16.4. The van der Waals surface area contributed by atoms with Gasteiger partial charge < -0.3 is 19.5 Å². The van der Waals surface area contributed by atoms with Crippen LogP contribution in [0.5, 0.6) is 0 Å². The zero-order valence-corrected chi connectivity index (χ0v) is 21.2. The van der Waals surface area contributed by atoms with Crippen LogP contribution in [0.3, 0.4) is 0 Å². The molecular weight excluding hydrogens is 480 g/mol. The van der Waals surface area contributed by atoms with Gasteiger partial charge in [0.1, 0.15) is 5.52 Å². The lowest BCUT2D eigenvalue weighted by molar-refractivity contribution is -0.128. The number of benzene rings is 3. The molecule has 2 atom stereocenters. The van der Waals surface area contributed by atoms with Gasteiger partial charge in [-0.05, 0) is 72.9 Å². The van der Waals surface area contributed by atoms with Gasteiger partial charge in [-0.2, -0.15) is 0 Å². The first-order valence-electron chi connectivity index (χ1n) is 12.8. The Bertz CT molecular complexity index is 1490. The number of aryl methyl sites for hydroxylation is 1. The quantitative estimate of drug-likeness (QED) is 0.300. The molecule has 0 radical (unpaired) electrons. The van der Waals surface area contributed by atoms with E-state index < -0.39 is 12.1 Å². The molecule has 0 aliphatic carbocycles. The van der Waals surface area contributed by atoms with Crippen LogP contribution in [0.4, 0.5) is 0 Å². The predicted molar refractivity (Wildman–Crippen MR) is 145 cm³/mol. The molecule has 0 bridgehead atoms. The molecule has 0 saturated carbocycles. The Kier molecular flexibility index (Phi) is 7.38. The summed E-state index contributed by atoms with van der Waals surface area (Å²) in [6.45, 7) is 2.56. The lowest BCUT2D eigenvalue weighted by atomic mass is 10.0. The van der Waals surface area contributed by atoms with E-state index in [9.17, 15) is 14.7 Å². The SMILES string of the molecule is Cc1ccc2nc(-c3cccc(C[C@H](O)/C=C/[C@H]4CCC(=O)N4CCc4ccc(C(=O)O)cc4)c3)oc2c1. The second-order valence-corrected chi connectivity index (χ2v) is 9.79. The Morgan fingerprint density at radius 2 is 1.95 bits per heavy atom. The number of aromatic carboxylic acids is 1. The number of fused-ring (bicyclic) bond motifs is 1. The smallest absolute Gasteiger partial charge is 0.335 e. The Hall–Kier alpha value is -4.23. The van der Waals surface area contributed by atoms with Gasteiger partial charge in [-0.25, -0.2) is 9.78 Å². The fourth-order valence-corrected chi connectivity index (χ4v) is 4.86. The Morgan fingerprint density at radius 1 is 1.13 bits per heavy atom. The van der Waals surface area contributed by atoms with Crippen LogP contribution in [0, 0.1) is 6.92 Å². The van der Waals surface area contributed by atoms with Crippen molar-refractivity contribution in [2.45, 2.75) is 44.8 Å². The maximum absolute atomic E-state index is 12.5. The van der Waals surface area contributed by atoms with Crippen molar-refractivity contribution < 1.29 is 24.2 Å². The van der Waals surface area contributed by atoms with E-state index in [4.69, 9.17) is 9.52 Å². The van der Waals surface area contributed by atoms with Gasteiger partial charge in [-0.3, -0.25) is 4.79 Å². The number of amides is 1. The van der Waals surface area contributed by atoms with Crippen LogP contribution in [0.15, 0.2) is 83.3 Å². The van der Waals surface area contributed by atoms with Gasteiger partial charge >= 0.3 is 5.97 Å². The number of carboxylic acids is 1. The van der Waals surface area contributed by atoms with Gasteiger partial charge in [0.2, 0.25) is 11.8 Å². The Labute approximate surface area is 221 Å². The second-order valence-electron chi connectivity index (χ2n) is 9.79. The average Bonchev–Trinajstić information content (AvgIpc) is 3.49. The highest BCUT2D eigenvalue weighted by Crippen LogP contribution is 2.26. The molecule has 194 valence electrons. The molecule has 5 rings (SSSR count). The molecule has 1 aliphatic heterocycles. The van der Waals surface area contributed by atoms with Crippen molar-refractivity contribution >= 4 is 23.0 Å². The third kappa shape index (κ3) is 5.84. The predicted octanol–water partition coefficient (Wildman–Crippen LogP) is 5.19. The number of carbonyl (C=O) groups is 2. The number of aliphatic hydroxyl groups is 1. The van der Waals surface area contributed by atoms with Crippen LogP contribution in [0.25, 0.3) is 22.6 Å². The van der Waals surface area contributed by atoms with Crippen LogP contribution in [0.2, 0.25) is 0 Å². The van der Waals surface area contributed by atoms with E-state index in [1.54, 1.807) is 30.3 Å². The van der Waals surface area contributed by atoms with Crippen LogP contribution in [0.1, 0.15) is 39.9 Å². The largest absolute Gasteiger partial charge is 0.478 e. The molecule has 1 saturated heterocycles. The molecule has 7 heteroatoms. The molecule has 0 spiro atoms. The summed E-state index contributed by atoms with van der Waals surface area (Å²) in [5.74, 6) is -0.309. The molecule has 1 fully saturated rings. The minimum absolute atomic E-state index is 0.0648. The maximum atomic E-state index is 12.5. The number of carboxylic acid groups (broad SMARTS) is 1. The van der Waals surface area contributed by atoms with E-state index in [0.717, 1.165) is 33.4 Å². The fourth-order valence-electron chi connectivity index (χ4n) is 4.86. The second kappa shape index (κ2) is 11.0. The zero-order valence-electron chi connectivity index (χ0n) is 21.2. The first-order valence-corrected chi connectivity index (χ1v) is 12.8. The highest BCUT2D eigenvalue weighted by Gasteiger charge is 2.28. The number of aliphatic hydroxyl groups excluding tert-OH is 1. The van der Waals surface area contributed by atoms with E-state index in [1.165, 1.54) is 0 Å². The van der Waals surface area contributed by atoms with Gasteiger partial charge in [0.25, 0.3) is 0 Å². The minimum atomic E-state index is -0.956. The van der Waals surface area contributed by atoms with Crippen molar-refractivity contribution in [3.8, 4) is 11.5 Å². The molecule has 1 aromatic heterocycles. The molecule has 2 heterocycles. The van der Waals surface area contributed by atoms with E-state index in [0.29, 0.717) is 38.1 Å². The molecule has 7 nitrogen and oxygen atoms in total. The molecule has 1 amide bonds. The molecule has 1 aliphatic rings. The topological polar surface area (TPSA) is 104 Å². The number of rotatable bonds is 9. The number of hydrogen-bond acceptors (Lipinski definition) is 5. The standard InChI is InChI=1S/C31H30N2O5/c1-20-5-13-27-28(17-20)38-30(32-27)24-4-2-3-22(18-24)19-26(34)12-10-25-11-14-29(35)33(25)16-15-21-6-8-23(9-7-21)31(36)37/h2-10,12-13,17-18,25-26,34H,11,14-16,19H2,1H3,(H,36,37)/b12-10+/t25-,26+/m0/s1. The van der Waals surface area contributed by atoms with Crippen molar-refractivity contribution in [2.24, 2.45) is 0 Å². The third-order valence-corrected chi connectivity index (χ3v) is 6.94. The van der Waals surface area contributed by atoms with E-state index in [-0.39, 0.29) is 17.5 Å². The summed E-state index contributed by atoms with van der Waals surface area (Å²) >= 11 is 0. The molecule has 4 aromatic rings. The minimum Gasteiger partial charge on any atom is -0.478 e. The molecule has 38 heavy (non-hydrogen) atoms. The highest BCUT2D eigenvalue weighted by molar-refractivity contribution is 5.87.